The van der Waals surface area contributed by atoms with Crippen molar-refractivity contribution in [2.75, 3.05) is 11.8 Å². The molecule has 0 saturated carbocycles. The molecule has 0 bridgehead atoms. The topological polar surface area (TPSA) is 64.6 Å². The first-order chi connectivity index (χ1) is 13.3. The molecule has 0 aliphatic heterocycles. The Morgan fingerprint density at radius 3 is 2.21 bits per heavy atom. The summed E-state index contributed by atoms with van der Waals surface area (Å²) in [5.74, 6) is 1.08. The molecule has 0 amide bonds. The lowest BCUT2D eigenvalue weighted by molar-refractivity contribution is 0.414. The first-order valence-corrected chi connectivity index (χ1v) is 10.5. The average Bonchev–Trinajstić information content (AvgIpc) is 2.66. The summed E-state index contributed by atoms with van der Waals surface area (Å²) < 4.78 is 39.1. The number of rotatable bonds is 6. The molecule has 0 spiro atoms. The summed E-state index contributed by atoms with van der Waals surface area (Å²) in [5, 5.41) is 0.178. The van der Waals surface area contributed by atoms with Crippen molar-refractivity contribution in [3.05, 3.63) is 75.7 Å². The number of benzene rings is 3. The third-order valence-corrected chi connectivity index (χ3v) is 6.30. The summed E-state index contributed by atoms with van der Waals surface area (Å²) >= 11 is 18.3. The maximum absolute atomic E-state index is 12.9. The van der Waals surface area contributed by atoms with Gasteiger partial charge in [-0.2, -0.15) is 0 Å². The van der Waals surface area contributed by atoms with Gasteiger partial charge in [0.05, 0.1) is 17.8 Å². The van der Waals surface area contributed by atoms with E-state index in [1.165, 1.54) is 25.3 Å². The van der Waals surface area contributed by atoms with Gasteiger partial charge in [0.25, 0.3) is 10.0 Å². The maximum Gasteiger partial charge on any atom is 0.263 e. The minimum Gasteiger partial charge on any atom is -0.495 e. The van der Waals surface area contributed by atoms with Gasteiger partial charge in [-0.1, -0.05) is 53.0 Å². The van der Waals surface area contributed by atoms with E-state index in [1.54, 1.807) is 36.4 Å². The Morgan fingerprint density at radius 2 is 1.54 bits per heavy atom. The number of hydrogen-bond acceptors (Lipinski definition) is 4. The Labute approximate surface area is 177 Å². The molecule has 9 heteroatoms. The first-order valence-electron chi connectivity index (χ1n) is 7.89. The summed E-state index contributed by atoms with van der Waals surface area (Å²) in [4.78, 5) is -0.203. The highest BCUT2D eigenvalue weighted by atomic mass is 35.5. The van der Waals surface area contributed by atoms with Crippen LogP contribution < -0.4 is 14.2 Å². The summed E-state index contributed by atoms with van der Waals surface area (Å²) in [6.45, 7) is 0. The van der Waals surface area contributed by atoms with Gasteiger partial charge in [-0.15, -0.1) is 0 Å². The summed E-state index contributed by atoms with van der Waals surface area (Å²) in [5.41, 5.74) is 0.152. The normalized spacial score (nSPS) is 11.1. The zero-order valence-corrected chi connectivity index (χ0v) is 17.5. The van der Waals surface area contributed by atoms with Crippen molar-refractivity contribution in [1.82, 2.24) is 0 Å². The Morgan fingerprint density at radius 1 is 0.857 bits per heavy atom. The van der Waals surface area contributed by atoms with E-state index in [1.807, 2.05) is 6.07 Å². The SMILES string of the molecule is COc1ccc(S(=O)(=O)Nc2cc(Cl)ccc2Oc2ccccc2)c(Cl)c1Cl. The van der Waals surface area contributed by atoms with Crippen molar-refractivity contribution in [3.63, 3.8) is 0 Å². The smallest absolute Gasteiger partial charge is 0.263 e. The van der Waals surface area contributed by atoms with E-state index >= 15 is 0 Å². The van der Waals surface area contributed by atoms with E-state index in [9.17, 15) is 8.42 Å². The second-order valence-electron chi connectivity index (χ2n) is 5.56. The Balaban J connectivity index is 1.99. The number of para-hydroxylation sites is 1. The molecule has 0 aliphatic rings. The lowest BCUT2D eigenvalue weighted by atomic mass is 10.3. The van der Waals surface area contributed by atoms with Gasteiger partial charge in [-0.25, -0.2) is 8.42 Å². The van der Waals surface area contributed by atoms with Gasteiger partial charge in [0, 0.05) is 5.02 Å². The van der Waals surface area contributed by atoms with Crippen LogP contribution in [0.3, 0.4) is 0 Å². The lowest BCUT2D eigenvalue weighted by Gasteiger charge is -2.15. The highest BCUT2D eigenvalue weighted by Crippen LogP contribution is 2.39. The molecular formula is C19H14Cl3NO4S. The van der Waals surface area contributed by atoms with Crippen LogP contribution in [-0.4, -0.2) is 15.5 Å². The van der Waals surface area contributed by atoms with Gasteiger partial charge in [0.15, 0.2) is 5.75 Å². The van der Waals surface area contributed by atoms with E-state index in [-0.39, 0.29) is 32.1 Å². The molecule has 28 heavy (non-hydrogen) atoms. The monoisotopic (exact) mass is 457 g/mol. The molecule has 146 valence electrons. The number of ether oxygens (including phenoxy) is 2. The molecule has 0 saturated heterocycles. The second kappa shape index (κ2) is 8.49. The minimum absolute atomic E-state index is 0.00102. The maximum atomic E-state index is 12.9. The molecule has 3 aromatic rings. The quantitative estimate of drug-likeness (QED) is 0.474. The van der Waals surface area contributed by atoms with E-state index in [4.69, 9.17) is 44.3 Å². The van der Waals surface area contributed by atoms with Crippen molar-refractivity contribution in [2.24, 2.45) is 0 Å². The van der Waals surface area contributed by atoms with Gasteiger partial charge >= 0.3 is 0 Å². The fraction of sp³-hybridized carbons (Fsp3) is 0.0526. The number of methoxy groups -OCH3 is 1. The van der Waals surface area contributed by atoms with Crippen molar-refractivity contribution >= 4 is 50.5 Å². The van der Waals surface area contributed by atoms with Gasteiger partial charge in [-0.05, 0) is 42.5 Å². The number of halogens is 3. The third-order valence-electron chi connectivity index (χ3n) is 3.68. The molecule has 0 fully saturated rings. The number of hydrogen-bond donors (Lipinski definition) is 1. The largest absolute Gasteiger partial charge is 0.495 e. The molecule has 0 radical (unpaired) electrons. The van der Waals surface area contributed by atoms with E-state index in [2.05, 4.69) is 4.72 Å². The van der Waals surface area contributed by atoms with Gasteiger partial charge < -0.3 is 9.47 Å². The summed E-state index contributed by atoms with van der Waals surface area (Å²) in [6.07, 6.45) is 0. The molecule has 0 atom stereocenters. The van der Waals surface area contributed by atoms with Crippen LogP contribution in [0.1, 0.15) is 0 Å². The first kappa shape index (κ1) is 20.6. The van der Waals surface area contributed by atoms with Crippen LogP contribution in [0.25, 0.3) is 0 Å². The van der Waals surface area contributed by atoms with Crippen LogP contribution in [0.2, 0.25) is 15.1 Å². The van der Waals surface area contributed by atoms with Crippen LogP contribution in [0.15, 0.2) is 65.6 Å². The molecule has 0 unspecified atom stereocenters. The van der Waals surface area contributed by atoms with Crippen molar-refractivity contribution < 1.29 is 17.9 Å². The van der Waals surface area contributed by atoms with Gasteiger partial charge in [-0.3, -0.25) is 4.72 Å². The molecule has 5 nitrogen and oxygen atoms in total. The van der Waals surface area contributed by atoms with Crippen molar-refractivity contribution in [1.29, 1.82) is 0 Å². The Bertz CT molecular complexity index is 1110. The van der Waals surface area contributed by atoms with Crippen LogP contribution in [0.5, 0.6) is 17.2 Å². The van der Waals surface area contributed by atoms with Crippen LogP contribution in [0.4, 0.5) is 5.69 Å². The summed E-state index contributed by atoms with van der Waals surface area (Å²) in [6, 6.07) is 16.2. The summed E-state index contributed by atoms with van der Waals surface area (Å²) in [7, 11) is -2.68. The van der Waals surface area contributed by atoms with E-state index < -0.39 is 10.0 Å². The molecule has 3 rings (SSSR count). The molecule has 1 N–H and O–H groups in total. The van der Waals surface area contributed by atoms with Gasteiger partial charge in [0.2, 0.25) is 0 Å². The molecule has 3 aromatic carbocycles. The van der Waals surface area contributed by atoms with E-state index in [0.29, 0.717) is 10.8 Å². The highest BCUT2D eigenvalue weighted by Gasteiger charge is 2.23. The van der Waals surface area contributed by atoms with Crippen molar-refractivity contribution in [2.45, 2.75) is 4.90 Å². The Hall–Kier alpha value is -2.12. The predicted molar refractivity (Wildman–Crippen MR) is 112 cm³/mol. The highest BCUT2D eigenvalue weighted by molar-refractivity contribution is 7.92. The fourth-order valence-electron chi connectivity index (χ4n) is 2.37. The molecule has 0 aromatic heterocycles. The fourth-order valence-corrected chi connectivity index (χ4v) is 4.44. The lowest BCUT2D eigenvalue weighted by Crippen LogP contribution is -2.14. The zero-order chi connectivity index (χ0) is 20.3. The zero-order valence-electron chi connectivity index (χ0n) is 14.4. The number of sulfonamides is 1. The van der Waals surface area contributed by atoms with Gasteiger partial charge in [0.1, 0.15) is 21.4 Å². The molecule has 0 heterocycles. The molecular weight excluding hydrogens is 445 g/mol. The predicted octanol–water partition coefficient (Wildman–Crippen LogP) is 6.25. The van der Waals surface area contributed by atoms with Crippen LogP contribution >= 0.6 is 34.8 Å². The van der Waals surface area contributed by atoms with Crippen LogP contribution in [-0.2, 0) is 10.0 Å². The average molecular weight is 459 g/mol. The number of nitrogens with one attached hydrogen (secondary N) is 1. The Kier molecular flexibility index (Phi) is 6.25. The third kappa shape index (κ3) is 4.47. The van der Waals surface area contributed by atoms with Crippen LogP contribution in [0, 0.1) is 0 Å². The van der Waals surface area contributed by atoms with Crippen molar-refractivity contribution in [3.8, 4) is 17.2 Å². The molecule has 0 aliphatic carbocycles. The second-order valence-corrected chi connectivity index (χ2v) is 8.40. The van der Waals surface area contributed by atoms with E-state index in [0.717, 1.165) is 0 Å². The minimum atomic E-state index is -4.08. The standard InChI is InChI=1S/C19H14Cl3NO4S/c1-26-16-9-10-17(19(22)18(16)21)28(24,25)23-14-11-12(20)7-8-15(14)27-13-5-3-2-4-6-13/h2-11,23H,1H3. The number of anilines is 1.